The number of ether oxygens (including phenoxy) is 1. The Morgan fingerprint density at radius 1 is 1.30 bits per heavy atom. The summed E-state index contributed by atoms with van der Waals surface area (Å²) in [6, 6.07) is 12.1. The number of esters is 1. The minimum absolute atomic E-state index is 0.136. The van der Waals surface area contributed by atoms with Crippen molar-refractivity contribution in [3.8, 4) is 0 Å². The number of nitrogens with zero attached hydrogens (tertiary/aromatic N) is 2. The molecule has 3 aromatic rings. The van der Waals surface area contributed by atoms with Gasteiger partial charge in [0.05, 0.1) is 21.8 Å². The van der Waals surface area contributed by atoms with E-state index in [1.807, 2.05) is 31.2 Å². The number of aromatic nitrogens is 1. The number of halogens is 1. The molecular weight excluding hydrogens is 386 g/mol. The van der Waals surface area contributed by atoms with Gasteiger partial charge in [0.15, 0.2) is 6.61 Å². The van der Waals surface area contributed by atoms with Gasteiger partial charge in [-0.25, -0.2) is 9.78 Å². The second kappa shape index (κ2) is 7.94. The molecule has 0 spiro atoms. The van der Waals surface area contributed by atoms with Gasteiger partial charge in [-0.1, -0.05) is 23.7 Å². The lowest BCUT2D eigenvalue weighted by atomic mass is 10.2. The number of hydrogen-bond donors (Lipinski definition) is 1. The van der Waals surface area contributed by atoms with Gasteiger partial charge in [0.2, 0.25) is 0 Å². The smallest absolute Gasteiger partial charge is 0.340 e. The molecule has 1 amide bonds. The molecule has 1 heterocycles. The van der Waals surface area contributed by atoms with Gasteiger partial charge in [0.1, 0.15) is 5.01 Å². The maximum Gasteiger partial charge on any atom is 0.340 e. The van der Waals surface area contributed by atoms with E-state index in [-0.39, 0.29) is 23.2 Å². The van der Waals surface area contributed by atoms with Crippen molar-refractivity contribution in [2.24, 2.45) is 0 Å². The fraction of sp³-hybridized carbons (Fsp3) is 0.211. The lowest BCUT2D eigenvalue weighted by Gasteiger charge is -2.23. The molecule has 0 aliphatic heterocycles. The highest BCUT2D eigenvalue weighted by molar-refractivity contribution is 7.18. The first-order valence-electron chi connectivity index (χ1n) is 8.20. The van der Waals surface area contributed by atoms with E-state index in [4.69, 9.17) is 22.1 Å². The molecule has 0 bridgehead atoms. The summed E-state index contributed by atoms with van der Waals surface area (Å²) in [4.78, 5) is 30.7. The molecule has 0 radical (unpaired) electrons. The van der Waals surface area contributed by atoms with E-state index >= 15 is 0 Å². The largest absolute Gasteiger partial charge is 0.452 e. The van der Waals surface area contributed by atoms with Gasteiger partial charge in [-0.15, -0.1) is 11.3 Å². The van der Waals surface area contributed by atoms with Crippen molar-refractivity contribution in [2.75, 3.05) is 19.4 Å². The van der Waals surface area contributed by atoms with E-state index < -0.39 is 12.6 Å². The summed E-state index contributed by atoms with van der Waals surface area (Å²) in [6.45, 7) is 1.49. The van der Waals surface area contributed by atoms with Gasteiger partial charge in [-0.2, -0.15) is 0 Å². The van der Waals surface area contributed by atoms with Gasteiger partial charge in [0, 0.05) is 17.8 Å². The Labute approximate surface area is 165 Å². The van der Waals surface area contributed by atoms with Crippen LogP contribution in [0.2, 0.25) is 5.02 Å². The highest BCUT2D eigenvalue weighted by atomic mass is 35.5. The molecule has 27 heavy (non-hydrogen) atoms. The maximum atomic E-state index is 12.4. The van der Waals surface area contributed by atoms with E-state index in [1.165, 1.54) is 28.4 Å². The first kappa shape index (κ1) is 19.1. The number of nitrogen functional groups attached to an aromatic ring is 1. The predicted octanol–water partition coefficient (Wildman–Crippen LogP) is 3.91. The molecule has 0 aliphatic carbocycles. The van der Waals surface area contributed by atoms with Gasteiger partial charge in [-0.05, 0) is 37.3 Å². The monoisotopic (exact) mass is 403 g/mol. The van der Waals surface area contributed by atoms with Crippen LogP contribution in [0.3, 0.4) is 0 Å². The van der Waals surface area contributed by atoms with Gasteiger partial charge in [0.25, 0.3) is 5.91 Å². The number of carbonyl (C=O) groups excluding carboxylic acids is 2. The third kappa shape index (κ3) is 4.20. The standard InChI is InChI=1S/C19H18ClN3O3S/c1-11(18-22-15-5-3-4-6-16(15)27-18)23(2)17(24)10-26-19(25)13-9-12(20)7-8-14(13)21/h3-9,11H,10,21H2,1-2H3/t11-/m1/s1. The molecular formula is C19H18ClN3O3S. The first-order chi connectivity index (χ1) is 12.9. The average molecular weight is 404 g/mol. The SMILES string of the molecule is C[C@H](c1nc2ccccc2s1)N(C)C(=O)COC(=O)c1cc(Cl)ccc1N. The second-order valence-corrected chi connectivity index (χ2v) is 7.51. The predicted molar refractivity (Wildman–Crippen MR) is 107 cm³/mol. The number of thiazole rings is 1. The highest BCUT2D eigenvalue weighted by Gasteiger charge is 2.22. The quantitative estimate of drug-likeness (QED) is 0.515. The van der Waals surface area contributed by atoms with Crippen molar-refractivity contribution in [1.82, 2.24) is 9.88 Å². The molecule has 140 valence electrons. The fourth-order valence-corrected chi connectivity index (χ4v) is 3.70. The van der Waals surface area contributed by atoms with Crippen molar-refractivity contribution in [3.05, 3.63) is 58.1 Å². The lowest BCUT2D eigenvalue weighted by Crippen LogP contribution is -2.33. The van der Waals surface area contributed by atoms with E-state index in [0.29, 0.717) is 5.02 Å². The molecule has 0 aliphatic rings. The Bertz CT molecular complexity index is 972. The van der Waals surface area contributed by atoms with Crippen LogP contribution in [0, 0.1) is 0 Å². The summed E-state index contributed by atoms with van der Waals surface area (Å²) in [5, 5.41) is 1.18. The maximum absolute atomic E-state index is 12.4. The Balaban J connectivity index is 1.64. The summed E-state index contributed by atoms with van der Waals surface area (Å²) >= 11 is 7.40. The first-order valence-corrected chi connectivity index (χ1v) is 9.39. The van der Waals surface area contributed by atoms with E-state index in [1.54, 1.807) is 13.1 Å². The van der Waals surface area contributed by atoms with Crippen LogP contribution in [-0.4, -0.2) is 35.4 Å². The number of benzene rings is 2. The minimum atomic E-state index is -0.690. The van der Waals surface area contributed by atoms with Crippen LogP contribution < -0.4 is 5.73 Å². The molecule has 0 saturated heterocycles. The number of likely N-dealkylation sites (N-methyl/N-ethyl adjacent to an activating group) is 1. The van der Waals surface area contributed by atoms with Crippen LogP contribution in [-0.2, 0) is 9.53 Å². The van der Waals surface area contributed by atoms with Crippen LogP contribution in [0.5, 0.6) is 0 Å². The van der Waals surface area contributed by atoms with Crippen LogP contribution in [0.25, 0.3) is 10.2 Å². The Morgan fingerprint density at radius 3 is 2.78 bits per heavy atom. The van der Waals surface area contributed by atoms with Crippen molar-refractivity contribution in [2.45, 2.75) is 13.0 Å². The Hall–Kier alpha value is -2.64. The van der Waals surface area contributed by atoms with Gasteiger partial charge in [-0.3, -0.25) is 4.79 Å². The van der Waals surface area contributed by atoms with Crippen LogP contribution in [0.15, 0.2) is 42.5 Å². The Kier molecular flexibility index (Phi) is 5.62. The number of rotatable bonds is 5. The second-order valence-electron chi connectivity index (χ2n) is 6.01. The number of para-hydroxylation sites is 1. The summed E-state index contributed by atoms with van der Waals surface area (Å²) in [7, 11) is 1.65. The average Bonchev–Trinajstić information content (AvgIpc) is 3.10. The molecule has 8 heteroatoms. The third-order valence-electron chi connectivity index (χ3n) is 4.20. The van der Waals surface area contributed by atoms with E-state index in [2.05, 4.69) is 4.98 Å². The summed E-state index contributed by atoms with van der Waals surface area (Å²) < 4.78 is 6.16. The molecule has 0 unspecified atom stereocenters. The van der Waals surface area contributed by atoms with E-state index in [0.717, 1.165) is 15.2 Å². The summed E-state index contributed by atoms with van der Waals surface area (Å²) in [6.07, 6.45) is 0. The lowest BCUT2D eigenvalue weighted by molar-refractivity contribution is -0.135. The number of hydrogen-bond acceptors (Lipinski definition) is 6. The Morgan fingerprint density at radius 2 is 2.04 bits per heavy atom. The van der Waals surface area contributed by atoms with Crippen molar-refractivity contribution in [1.29, 1.82) is 0 Å². The number of amides is 1. The van der Waals surface area contributed by atoms with Gasteiger partial charge >= 0.3 is 5.97 Å². The molecule has 6 nitrogen and oxygen atoms in total. The number of anilines is 1. The van der Waals surface area contributed by atoms with Crippen LogP contribution in [0.4, 0.5) is 5.69 Å². The summed E-state index contributed by atoms with van der Waals surface area (Å²) in [5.74, 6) is -1.03. The van der Waals surface area contributed by atoms with E-state index in [9.17, 15) is 9.59 Å². The number of nitrogens with two attached hydrogens (primary N) is 1. The molecule has 2 N–H and O–H groups in total. The van der Waals surface area contributed by atoms with Gasteiger partial charge < -0.3 is 15.4 Å². The molecule has 0 fully saturated rings. The highest BCUT2D eigenvalue weighted by Crippen LogP contribution is 2.28. The summed E-state index contributed by atoms with van der Waals surface area (Å²) in [5.41, 5.74) is 7.03. The normalized spacial score (nSPS) is 12.0. The van der Waals surface area contributed by atoms with Crippen molar-refractivity contribution < 1.29 is 14.3 Å². The third-order valence-corrected chi connectivity index (χ3v) is 5.65. The molecule has 3 rings (SSSR count). The minimum Gasteiger partial charge on any atom is -0.452 e. The van der Waals surface area contributed by atoms with Crippen molar-refractivity contribution in [3.63, 3.8) is 0 Å². The number of carbonyl (C=O) groups is 2. The topological polar surface area (TPSA) is 85.5 Å². The zero-order chi connectivity index (χ0) is 19.6. The zero-order valence-corrected chi connectivity index (χ0v) is 16.4. The van der Waals surface area contributed by atoms with Crippen LogP contribution >= 0.6 is 22.9 Å². The zero-order valence-electron chi connectivity index (χ0n) is 14.8. The van der Waals surface area contributed by atoms with Crippen molar-refractivity contribution >= 4 is 50.7 Å². The van der Waals surface area contributed by atoms with Crippen LogP contribution in [0.1, 0.15) is 28.3 Å². The molecule has 1 aromatic heterocycles. The molecule has 1 atom stereocenters. The molecule has 2 aromatic carbocycles. The molecule has 0 saturated carbocycles. The fourth-order valence-electron chi connectivity index (χ4n) is 2.46. The number of fused-ring (bicyclic) bond motifs is 1.